The van der Waals surface area contributed by atoms with Crippen LogP contribution in [0.4, 0.5) is 0 Å². The molecule has 1 aromatic heterocycles. The lowest BCUT2D eigenvalue weighted by Gasteiger charge is -2.15. The molecule has 0 fully saturated rings. The molecule has 0 aliphatic carbocycles. The summed E-state index contributed by atoms with van der Waals surface area (Å²) >= 11 is 0. The second kappa shape index (κ2) is 9.58. The highest BCUT2D eigenvalue weighted by Crippen LogP contribution is 2.19. The maximum atomic E-state index is 13.7. The summed E-state index contributed by atoms with van der Waals surface area (Å²) in [4.78, 5) is 30.0. The highest BCUT2D eigenvalue weighted by Gasteiger charge is 2.15. The van der Waals surface area contributed by atoms with Crippen LogP contribution in [-0.2, 0) is 19.3 Å². The van der Waals surface area contributed by atoms with Gasteiger partial charge in [0.25, 0.3) is 11.5 Å². The Bertz CT molecular complexity index is 1300. The number of nitrogens with one attached hydrogen (secondary N) is 1. The maximum Gasteiger partial charge on any atom is 0.274 e. The third-order valence-electron chi connectivity index (χ3n) is 5.54. The molecule has 162 valence electrons. The number of fused-ring (bicyclic) bond motifs is 1. The molecule has 0 atom stereocenters. The number of nitrogens with zero attached hydrogens (tertiary/aromatic N) is 2. The van der Waals surface area contributed by atoms with E-state index < -0.39 is 5.91 Å². The van der Waals surface area contributed by atoms with Crippen molar-refractivity contribution in [2.75, 3.05) is 0 Å². The summed E-state index contributed by atoms with van der Waals surface area (Å²) in [5.74, 6) is 0.229. The molecule has 4 aromatic rings. The molecule has 32 heavy (non-hydrogen) atoms. The van der Waals surface area contributed by atoms with Crippen LogP contribution in [0, 0.1) is 0 Å². The number of carbonyl (C=O) groups is 1. The minimum absolute atomic E-state index is 0.0461. The van der Waals surface area contributed by atoms with Crippen LogP contribution in [0.1, 0.15) is 40.7 Å². The van der Waals surface area contributed by atoms with E-state index in [1.54, 1.807) is 22.2 Å². The van der Waals surface area contributed by atoms with Crippen LogP contribution in [0.25, 0.3) is 16.6 Å². The van der Waals surface area contributed by atoms with Crippen molar-refractivity contribution in [3.63, 3.8) is 0 Å². The number of carbonyl (C=O) groups excluding carboxylic acids is 1. The van der Waals surface area contributed by atoms with Gasteiger partial charge in [-0.25, -0.2) is 10.5 Å². The molecule has 2 N–H and O–H groups in total. The fourth-order valence-electron chi connectivity index (χ4n) is 3.95. The normalized spacial score (nSPS) is 10.9. The Balaban J connectivity index is 1.73. The average molecular weight is 428 g/mol. The van der Waals surface area contributed by atoms with E-state index in [1.165, 1.54) is 0 Å². The Morgan fingerprint density at radius 3 is 2.38 bits per heavy atom. The summed E-state index contributed by atoms with van der Waals surface area (Å²) in [7, 11) is 0. The van der Waals surface area contributed by atoms with Gasteiger partial charge in [0.15, 0.2) is 0 Å². The third kappa shape index (κ3) is 4.31. The van der Waals surface area contributed by atoms with E-state index in [0.717, 1.165) is 41.0 Å². The first-order valence-electron chi connectivity index (χ1n) is 10.7. The fraction of sp³-hybridized carbons (Fsp3) is 0.192. The van der Waals surface area contributed by atoms with Gasteiger partial charge in [0.05, 0.1) is 16.6 Å². The van der Waals surface area contributed by atoms with Crippen molar-refractivity contribution in [1.29, 1.82) is 0 Å². The van der Waals surface area contributed by atoms with E-state index in [0.29, 0.717) is 23.8 Å². The van der Waals surface area contributed by atoms with Gasteiger partial charge in [-0.15, -0.1) is 0 Å². The number of aromatic nitrogens is 2. The molecule has 0 aliphatic heterocycles. The number of hydrogen-bond acceptors (Lipinski definition) is 4. The SMILES string of the molecule is CCCc1nc2cccc(CCc3ccc(C(=O)NO)cc3)c2c(=O)n1-c1ccccc1. The number of rotatable bonds is 7. The van der Waals surface area contributed by atoms with E-state index in [-0.39, 0.29) is 5.56 Å². The molecule has 6 nitrogen and oxygen atoms in total. The summed E-state index contributed by atoms with van der Waals surface area (Å²) in [6.45, 7) is 2.08. The summed E-state index contributed by atoms with van der Waals surface area (Å²) < 4.78 is 1.73. The number of hydroxylamine groups is 1. The zero-order valence-electron chi connectivity index (χ0n) is 17.9. The van der Waals surface area contributed by atoms with Crippen LogP contribution < -0.4 is 11.0 Å². The molecule has 6 heteroatoms. The van der Waals surface area contributed by atoms with Gasteiger partial charge in [-0.2, -0.15) is 0 Å². The molecule has 0 bridgehead atoms. The molecule has 1 amide bonds. The predicted molar refractivity (Wildman–Crippen MR) is 124 cm³/mol. The van der Waals surface area contributed by atoms with Gasteiger partial charge in [-0.05, 0) is 60.7 Å². The summed E-state index contributed by atoms with van der Waals surface area (Å²) in [5, 5.41) is 9.40. The maximum absolute atomic E-state index is 13.7. The van der Waals surface area contributed by atoms with Crippen molar-refractivity contribution in [2.24, 2.45) is 0 Å². The fourth-order valence-corrected chi connectivity index (χ4v) is 3.95. The van der Waals surface area contributed by atoms with Crippen molar-refractivity contribution in [2.45, 2.75) is 32.6 Å². The summed E-state index contributed by atoms with van der Waals surface area (Å²) in [6, 6.07) is 22.5. The van der Waals surface area contributed by atoms with Crippen LogP contribution in [0.2, 0.25) is 0 Å². The zero-order valence-corrected chi connectivity index (χ0v) is 17.9. The standard InChI is InChI=1S/C26H25N3O3/c1-2-7-23-27-22-11-6-8-19(15-12-18-13-16-20(17-14-18)25(30)28-32)24(22)26(31)29(23)21-9-4-3-5-10-21/h3-6,8-11,13-14,16-17,32H,2,7,12,15H2,1H3,(H,28,30). The molecule has 4 rings (SSSR count). The number of para-hydroxylation sites is 1. The number of benzene rings is 3. The van der Waals surface area contributed by atoms with Crippen LogP contribution in [0.15, 0.2) is 77.6 Å². The molecular formula is C26H25N3O3. The van der Waals surface area contributed by atoms with Crippen molar-refractivity contribution < 1.29 is 10.0 Å². The van der Waals surface area contributed by atoms with Gasteiger partial charge < -0.3 is 0 Å². The van der Waals surface area contributed by atoms with Crippen LogP contribution in [0.5, 0.6) is 0 Å². The van der Waals surface area contributed by atoms with E-state index >= 15 is 0 Å². The van der Waals surface area contributed by atoms with Crippen molar-refractivity contribution in [3.8, 4) is 5.69 Å². The molecule has 0 saturated heterocycles. The molecule has 0 spiro atoms. The topological polar surface area (TPSA) is 84.2 Å². The molecule has 0 aliphatic rings. The van der Waals surface area contributed by atoms with Gasteiger partial charge in [-0.3, -0.25) is 19.4 Å². The van der Waals surface area contributed by atoms with Crippen LogP contribution >= 0.6 is 0 Å². The Morgan fingerprint density at radius 2 is 1.69 bits per heavy atom. The summed E-state index contributed by atoms with van der Waals surface area (Å²) in [5.41, 5.74) is 5.51. The number of amides is 1. The largest absolute Gasteiger partial charge is 0.288 e. The quantitative estimate of drug-likeness (QED) is 0.341. The lowest BCUT2D eigenvalue weighted by molar-refractivity contribution is 0.0706. The first kappa shape index (κ1) is 21.5. The van der Waals surface area contributed by atoms with E-state index in [1.807, 2.05) is 60.7 Å². The lowest BCUT2D eigenvalue weighted by atomic mass is 10.00. The first-order valence-corrected chi connectivity index (χ1v) is 10.7. The minimum Gasteiger partial charge on any atom is -0.288 e. The summed E-state index contributed by atoms with van der Waals surface area (Å²) in [6.07, 6.45) is 3.00. The lowest BCUT2D eigenvalue weighted by Crippen LogP contribution is -2.25. The minimum atomic E-state index is -0.541. The highest BCUT2D eigenvalue weighted by molar-refractivity contribution is 5.93. The van der Waals surface area contributed by atoms with Gasteiger partial charge in [0, 0.05) is 12.0 Å². The number of hydrogen-bond donors (Lipinski definition) is 2. The molecule has 0 unspecified atom stereocenters. The van der Waals surface area contributed by atoms with E-state index in [9.17, 15) is 9.59 Å². The Hall–Kier alpha value is -3.77. The smallest absolute Gasteiger partial charge is 0.274 e. The molecule has 3 aromatic carbocycles. The Labute approximate surface area is 186 Å². The van der Waals surface area contributed by atoms with Gasteiger partial charge in [-0.1, -0.05) is 49.4 Å². The molecular weight excluding hydrogens is 402 g/mol. The van der Waals surface area contributed by atoms with E-state index in [2.05, 4.69) is 6.92 Å². The number of aryl methyl sites for hydroxylation is 3. The van der Waals surface area contributed by atoms with E-state index in [4.69, 9.17) is 10.2 Å². The van der Waals surface area contributed by atoms with Crippen molar-refractivity contribution in [1.82, 2.24) is 15.0 Å². The highest BCUT2D eigenvalue weighted by atomic mass is 16.5. The average Bonchev–Trinajstić information content (AvgIpc) is 2.83. The second-order valence-corrected chi connectivity index (χ2v) is 7.70. The van der Waals surface area contributed by atoms with Gasteiger partial charge in [0.1, 0.15) is 5.82 Å². The second-order valence-electron chi connectivity index (χ2n) is 7.70. The van der Waals surface area contributed by atoms with Gasteiger partial charge >= 0.3 is 0 Å². The monoisotopic (exact) mass is 427 g/mol. The molecule has 0 radical (unpaired) electrons. The first-order chi connectivity index (χ1) is 15.6. The molecule has 0 saturated carbocycles. The zero-order chi connectivity index (χ0) is 22.5. The Kier molecular flexibility index (Phi) is 6.42. The van der Waals surface area contributed by atoms with Crippen LogP contribution in [0.3, 0.4) is 0 Å². The predicted octanol–water partition coefficient (Wildman–Crippen LogP) is 4.24. The van der Waals surface area contributed by atoms with Crippen molar-refractivity contribution in [3.05, 3.63) is 106 Å². The molecule has 1 heterocycles. The third-order valence-corrected chi connectivity index (χ3v) is 5.54. The van der Waals surface area contributed by atoms with Crippen molar-refractivity contribution >= 4 is 16.8 Å². The Morgan fingerprint density at radius 1 is 0.938 bits per heavy atom. The van der Waals surface area contributed by atoms with Gasteiger partial charge in [0.2, 0.25) is 0 Å². The van der Waals surface area contributed by atoms with Crippen LogP contribution in [-0.4, -0.2) is 20.7 Å².